The summed E-state index contributed by atoms with van der Waals surface area (Å²) >= 11 is 0. The Morgan fingerprint density at radius 1 is 1.29 bits per heavy atom. The first-order chi connectivity index (χ1) is 10.1. The van der Waals surface area contributed by atoms with Gasteiger partial charge in [-0.15, -0.1) is 0 Å². The largest absolute Gasteiger partial charge is 0.508 e. The minimum Gasteiger partial charge on any atom is -0.508 e. The molecule has 2 rings (SSSR count). The summed E-state index contributed by atoms with van der Waals surface area (Å²) in [4.78, 5) is 0. The number of benzene rings is 1. The van der Waals surface area contributed by atoms with E-state index in [1.54, 1.807) is 19.2 Å². The van der Waals surface area contributed by atoms with Crippen molar-refractivity contribution in [2.24, 2.45) is 5.92 Å². The molecule has 1 aliphatic carbocycles. The predicted octanol–water partition coefficient (Wildman–Crippen LogP) is 4.41. The fourth-order valence-electron chi connectivity index (χ4n) is 3.48. The molecular weight excluding hydrogens is 262 g/mol. The van der Waals surface area contributed by atoms with Crippen LogP contribution >= 0.6 is 0 Å². The molecule has 1 saturated carbocycles. The van der Waals surface area contributed by atoms with Gasteiger partial charge in [-0.1, -0.05) is 19.8 Å². The first-order valence-corrected chi connectivity index (χ1v) is 8.27. The molecule has 3 heteroatoms. The number of phenols is 1. The third kappa shape index (κ3) is 4.37. The molecule has 0 heterocycles. The molecule has 0 bridgehead atoms. The number of ether oxygens (including phenoxy) is 1. The molecule has 0 saturated heterocycles. The summed E-state index contributed by atoms with van der Waals surface area (Å²) in [6.07, 6.45) is 7.85. The molecule has 3 nitrogen and oxygen atoms in total. The van der Waals surface area contributed by atoms with Crippen molar-refractivity contribution in [2.75, 3.05) is 7.11 Å². The highest BCUT2D eigenvalue weighted by molar-refractivity contribution is 5.41. The SMILES string of the molecule is CCCC1CCC(NC(C)c2cc(OC)ccc2O)CC1. The molecule has 0 aromatic heterocycles. The van der Waals surface area contributed by atoms with Crippen LogP contribution in [0.1, 0.15) is 64.0 Å². The zero-order valence-corrected chi connectivity index (χ0v) is 13.6. The first-order valence-electron chi connectivity index (χ1n) is 8.27. The van der Waals surface area contributed by atoms with Crippen molar-refractivity contribution >= 4 is 0 Å². The van der Waals surface area contributed by atoms with Gasteiger partial charge in [-0.3, -0.25) is 0 Å². The molecule has 1 aliphatic rings. The van der Waals surface area contributed by atoms with Crippen LogP contribution in [0.3, 0.4) is 0 Å². The van der Waals surface area contributed by atoms with Gasteiger partial charge in [0, 0.05) is 17.6 Å². The van der Waals surface area contributed by atoms with E-state index in [1.165, 1.54) is 38.5 Å². The van der Waals surface area contributed by atoms with E-state index in [1.807, 2.05) is 6.07 Å². The number of phenolic OH excluding ortho intramolecular Hbond substituents is 1. The Morgan fingerprint density at radius 3 is 2.62 bits per heavy atom. The Morgan fingerprint density at radius 2 is 2.00 bits per heavy atom. The summed E-state index contributed by atoms with van der Waals surface area (Å²) in [5.74, 6) is 2.06. The van der Waals surface area contributed by atoms with Gasteiger partial charge in [-0.25, -0.2) is 0 Å². The van der Waals surface area contributed by atoms with Crippen molar-refractivity contribution < 1.29 is 9.84 Å². The van der Waals surface area contributed by atoms with E-state index in [0.29, 0.717) is 11.8 Å². The molecule has 0 radical (unpaired) electrons. The Labute approximate surface area is 128 Å². The maximum Gasteiger partial charge on any atom is 0.120 e. The Hall–Kier alpha value is -1.22. The highest BCUT2D eigenvalue weighted by Crippen LogP contribution is 2.32. The first kappa shape index (κ1) is 16.2. The molecule has 0 amide bonds. The Kier molecular flexibility index (Phi) is 5.92. The van der Waals surface area contributed by atoms with Gasteiger partial charge in [0.15, 0.2) is 0 Å². The molecule has 21 heavy (non-hydrogen) atoms. The predicted molar refractivity (Wildman–Crippen MR) is 86.9 cm³/mol. The van der Waals surface area contributed by atoms with Gasteiger partial charge in [0.2, 0.25) is 0 Å². The molecule has 1 aromatic carbocycles. The van der Waals surface area contributed by atoms with Crippen LogP contribution in [0.4, 0.5) is 0 Å². The standard InChI is InChI=1S/C18H29NO2/c1-4-5-14-6-8-15(9-7-14)19-13(2)17-12-16(21-3)10-11-18(17)20/h10-15,19-20H,4-9H2,1-3H3. The average Bonchev–Trinajstić information content (AvgIpc) is 2.50. The summed E-state index contributed by atoms with van der Waals surface area (Å²) < 4.78 is 5.25. The molecule has 1 unspecified atom stereocenters. The second-order valence-corrected chi connectivity index (χ2v) is 6.32. The molecular formula is C18H29NO2. The number of hydrogen-bond acceptors (Lipinski definition) is 3. The van der Waals surface area contributed by atoms with Crippen molar-refractivity contribution in [2.45, 2.75) is 64.5 Å². The maximum atomic E-state index is 10.0. The molecule has 1 aromatic rings. The van der Waals surface area contributed by atoms with Gasteiger partial charge in [-0.2, -0.15) is 0 Å². The molecule has 1 atom stereocenters. The van der Waals surface area contributed by atoms with Crippen LogP contribution in [0.5, 0.6) is 11.5 Å². The monoisotopic (exact) mass is 291 g/mol. The van der Waals surface area contributed by atoms with Crippen molar-refractivity contribution in [3.63, 3.8) is 0 Å². The molecule has 0 aliphatic heterocycles. The lowest BCUT2D eigenvalue weighted by Gasteiger charge is -2.31. The summed E-state index contributed by atoms with van der Waals surface area (Å²) in [6.45, 7) is 4.39. The van der Waals surface area contributed by atoms with Gasteiger partial charge < -0.3 is 15.2 Å². The van der Waals surface area contributed by atoms with Crippen LogP contribution in [0, 0.1) is 5.92 Å². The van der Waals surface area contributed by atoms with Crippen LogP contribution in [0.25, 0.3) is 0 Å². The lowest BCUT2D eigenvalue weighted by atomic mass is 9.83. The van der Waals surface area contributed by atoms with Gasteiger partial charge >= 0.3 is 0 Å². The lowest BCUT2D eigenvalue weighted by Crippen LogP contribution is -2.35. The van der Waals surface area contributed by atoms with Crippen molar-refractivity contribution in [3.8, 4) is 11.5 Å². The van der Waals surface area contributed by atoms with E-state index in [2.05, 4.69) is 19.2 Å². The number of nitrogens with one attached hydrogen (secondary N) is 1. The van der Waals surface area contributed by atoms with Crippen LogP contribution in [0.15, 0.2) is 18.2 Å². The normalized spacial score (nSPS) is 23.8. The van der Waals surface area contributed by atoms with Crippen molar-refractivity contribution in [1.29, 1.82) is 0 Å². The smallest absolute Gasteiger partial charge is 0.120 e. The van der Waals surface area contributed by atoms with Gasteiger partial charge in [0.1, 0.15) is 11.5 Å². The maximum absolute atomic E-state index is 10.0. The Balaban J connectivity index is 1.91. The molecule has 118 valence electrons. The average molecular weight is 291 g/mol. The van der Waals surface area contributed by atoms with Crippen molar-refractivity contribution in [3.05, 3.63) is 23.8 Å². The summed E-state index contributed by atoms with van der Waals surface area (Å²) in [5.41, 5.74) is 0.921. The van der Waals surface area contributed by atoms with Crippen LogP contribution in [-0.2, 0) is 0 Å². The topological polar surface area (TPSA) is 41.5 Å². The Bertz CT molecular complexity index is 439. The minimum atomic E-state index is 0.146. The van der Waals surface area contributed by atoms with Crippen LogP contribution < -0.4 is 10.1 Å². The lowest BCUT2D eigenvalue weighted by molar-refractivity contribution is 0.265. The van der Waals surface area contributed by atoms with Gasteiger partial charge in [0.25, 0.3) is 0 Å². The fourth-order valence-corrected chi connectivity index (χ4v) is 3.48. The van der Waals surface area contributed by atoms with Crippen LogP contribution in [-0.4, -0.2) is 18.3 Å². The van der Waals surface area contributed by atoms with E-state index in [0.717, 1.165) is 17.2 Å². The summed E-state index contributed by atoms with van der Waals surface area (Å²) in [7, 11) is 1.66. The quantitative estimate of drug-likeness (QED) is 0.815. The molecule has 0 spiro atoms. The van der Waals surface area contributed by atoms with Gasteiger partial charge in [0.05, 0.1) is 7.11 Å². The number of methoxy groups -OCH3 is 1. The fraction of sp³-hybridized carbons (Fsp3) is 0.667. The molecule has 1 fully saturated rings. The zero-order valence-electron chi connectivity index (χ0n) is 13.6. The van der Waals surface area contributed by atoms with E-state index < -0.39 is 0 Å². The van der Waals surface area contributed by atoms with E-state index >= 15 is 0 Å². The highest BCUT2D eigenvalue weighted by atomic mass is 16.5. The van der Waals surface area contributed by atoms with E-state index in [4.69, 9.17) is 4.74 Å². The van der Waals surface area contributed by atoms with Crippen molar-refractivity contribution in [1.82, 2.24) is 5.32 Å². The van der Waals surface area contributed by atoms with E-state index in [9.17, 15) is 5.11 Å². The third-order valence-corrected chi connectivity index (χ3v) is 4.73. The number of aromatic hydroxyl groups is 1. The van der Waals surface area contributed by atoms with Crippen LogP contribution in [0.2, 0.25) is 0 Å². The third-order valence-electron chi connectivity index (χ3n) is 4.73. The minimum absolute atomic E-state index is 0.146. The second-order valence-electron chi connectivity index (χ2n) is 6.32. The van der Waals surface area contributed by atoms with Gasteiger partial charge in [-0.05, 0) is 56.7 Å². The highest BCUT2D eigenvalue weighted by Gasteiger charge is 2.22. The molecule has 2 N–H and O–H groups in total. The summed E-state index contributed by atoms with van der Waals surface area (Å²) in [5, 5.41) is 13.7. The van der Waals surface area contributed by atoms with E-state index in [-0.39, 0.29) is 6.04 Å². The summed E-state index contributed by atoms with van der Waals surface area (Å²) in [6, 6.07) is 6.15. The number of rotatable bonds is 6. The zero-order chi connectivity index (χ0) is 15.2. The second kappa shape index (κ2) is 7.69. The number of hydrogen-bond donors (Lipinski definition) is 2.